The fraction of sp³-hybridized carbons (Fsp3) is 0.417. The molecule has 5 rings (SSSR count). The monoisotopic (exact) mass is 484 g/mol. The molecule has 2 aromatic carbocycles. The van der Waals surface area contributed by atoms with E-state index in [9.17, 15) is 13.2 Å². The van der Waals surface area contributed by atoms with Gasteiger partial charge in [-0.05, 0) is 68.5 Å². The first-order valence-corrected chi connectivity index (χ1v) is 13.8. The average Bonchev–Trinajstić information content (AvgIpc) is 3.48. The van der Waals surface area contributed by atoms with Crippen molar-refractivity contribution in [2.75, 3.05) is 36.4 Å². The normalized spacial score (nSPS) is 17.5. The molecule has 3 aromatic rings. The largest absolute Gasteiger partial charge is 0.371 e. The summed E-state index contributed by atoms with van der Waals surface area (Å²) in [6.45, 7) is 4.80. The summed E-state index contributed by atoms with van der Waals surface area (Å²) < 4.78 is 29.1. The highest BCUT2D eigenvalue weighted by molar-refractivity contribution is 7.89. The SMILES string of the molecule is Cc1ccc2nc(NC(=O)c3cc(S(=O)(=O)N4CCCCC4)ccc3N3CCCC3)sc2c1. The van der Waals surface area contributed by atoms with Crippen molar-refractivity contribution in [1.29, 1.82) is 0 Å². The predicted molar refractivity (Wildman–Crippen MR) is 133 cm³/mol. The standard InChI is InChI=1S/C24H28N4O3S2/c1-17-7-9-20-22(15-17)32-24(25-20)26-23(29)19-16-18(8-10-21(19)27-11-5-6-12-27)33(30,31)28-13-3-2-4-14-28/h7-10,15-16H,2-6,11-14H2,1H3,(H,25,26,29). The number of carbonyl (C=O) groups is 1. The van der Waals surface area contributed by atoms with Crippen LogP contribution in [0.4, 0.5) is 10.8 Å². The second kappa shape index (κ2) is 9.04. The second-order valence-corrected chi connectivity index (χ2v) is 11.8. The number of nitrogens with zero attached hydrogens (tertiary/aromatic N) is 3. The molecule has 3 heterocycles. The van der Waals surface area contributed by atoms with Crippen LogP contribution in [0, 0.1) is 6.92 Å². The van der Waals surface area contributed by atoms with Gasteiger partial charge in [-0.2, -0.15) is 4.31 Å². The summed E-state index contributed by atoms with van der Waals surface area (Å²) in [6, 6.07) is 11.0. The van der Waals surface area contributed by atoms with Crippen LogP contribution < -0.4 is 10.2 Å². The van der Waals surface area contributed by atoms with Gasteiger partial charge in [0.2, 0.25) is 10.0 Å². The van der Waals surface area contributed by atoms with Gasteiger partial charge in [0, 0.05) is 31.9 Å². The van der Waals surface area contributed by atoms with E-state index in [1.165, 1.54) is 11.3 Å². The van der Waals surface area contributed by atoms with Crippen molar-refractivity contribution < 1.29 is 13.2 Å². The lowest BCUT2D eigenvalue weighted by atomic mass is 10.1. The number of aromatic nitrogens is 1. The van der Waals surface area contributed by atoms with Crippen molar-refractivity contribution in [3.05, 3.63) is 47.5 Å². The molecule has 0 bridgehead atoms. The van der Waals surface area contributed by atoms with Gasteiger partial charge in [-0.3, -0.25) is 10.1 Å². The highest BCUT2D eigenvalue weighted by Gasteiger charge is 2.29. The molecule has 174 valence electrons. The quantitative estimate of drug-likeness (QED) is 0.571. The van der Waals surface area contributed by atoms with E-state index in [1.807, 2.05) is 25.1 Å². The fourth-order valence-electron chi connectivity index (χ4n) is 4.60. The number of aryl methyl sites for hydroxylation is 1. The van der Waals surface area contributed by atoms with Crippen LogP contribution in [-0.4, -0.2) is 49.8 Å². The van der Waals surface area contributed by atoms with Crippen LogP contribution in [-0.2, 0) is 10.0 Å². The molecule has 2 aliphatic heterocycles. The molecule has 0 radical (unpaired) electrons. The summed E-state index contributed by atoms with van der Waals surface area (Å²) in [4.78, 5) is 20.3. The maximum absolute atomic E-state index is 13.4. The van der Waals surface area contributed by atoms with Crippen LogP contribution in [0.25, 0.3) is 10.2 Å². The minimum atomic E-state index is -3.63. The van der Waals surface area contributed by atoms with Gasteiger partial charge >= 0.3 is 0 Å². The molecular formula is C24H28N4O3S2. The third-order valence-corrected chi connectivity index (χ3v) is 9.20. The average molecular weight is 485 g/mol. The molecule has 0 saturated carbocycles. The highest BCUT2D eigenvalue weighted by atomic mass is 32.2. The van der Waals surface area contributed by atoms with Gasteiger partial charge in [0.1, 0.15) is 0 Å². The molecule has 2 fully saturated rings. The van der Waals surface area contributed by atoms with Gasteiger partial charge in [0.15, 0.2) is 5.13 Å². The summed E-state index contributed by atoms with van der Waals surface area (Å²) in [5.41, 5.74) is 3.13. The Morgan fingerprint density at radius 3 is 2.45 bits per heavy atom. The van der Waals surface area contributed by atoms with Gasteiger partial charge in [0.05, 0.1) is 20.7 Å². The van der Waals surface area contributed by atoms with Crippen molar-refractivity contribution in [3.63, 3.8) is 0 Å². The molecule has 0 aliphatic carbocycles. The van der Waals surface area contributed by atoms with Crippen LogP contribution >= 0.6 is 11.3 Å². The van der Waals surface area contributed by atoms with E-state index in [1.54, 1.807) is 22.5 Å². The van der Waals surface area contributed by atoms with E-state index in [-0.39, 0.29) is 10.8 Å². The van der Waals surface area contributed by atoms with Crippen LogP contribution in [0.3, 0.4) is 0 Å². The minimum Gasteiger partial charge on any atom is -0.371 e. The van der Waals surface area contributed by atoms with Crippen molar-refractivity contribution in [1.82, 2.24) is 9.29 Å². The lowest BCUT2D eigenvalue weighted by Gasteiger charge is -2.27. The molecule has 2 saturated heterocycles. The second-order valence-electron chi connectivity index (χ2n) is 8.78. The smallest absolute Gasteiger partial charge is 0.259 e. The Labute approximate surface area is 198 Å². The first kappa shape index (κ1) is 22.3. The van der Waals surface area contributed by atoms with Gasteiger partial charge in [-0.1, -0.05) is 23.8 Å². The summed E-state index contributed by atoms with van der Waals surface area (Å²) >= 11 is 1.42. The third kappa shape index (κ3) is 4.49. The molecule has 33 heavy (non-hydrogen) atoms. The van der Waals surface area contributed by atoms with E-state index in [2.05, 4.69) is 15.2 Å². The Balaban J connectivity index is 1.50. The molecule has 1 N–H and O–H groups in total. The predicted octanol–water partition coefficient (Wildman–Crippen LogP) is 4.63. The first-order valence-electron chi connectivity index (χ1n) is 11.5. The van der Waals surface area contributed by atoms with Crippen molar-refractivity contribution in [3.8, 4) is 0 Å². The molecule has 1 amide bonds. The van der Waals surface area contributed by atoms with Gasteiger partial charge in [-0.15, -0.1) is 0 Å². The lowest BCUT2D eigenvalue weighted by molar-refractivity contribution is 0.102. The molecule has 0 unspecified atom stereocenters. The van der Waals surface area contributed by atoms with Crippen molar-refractivity contribution >= 4 is 48.3 Å². The molecular weight excluding hydrogens is 456 g/mol. The van der Waals surface area contributed by atoms with Gasteiger partial charge in [0.25, 0.3) is 5.91 Å². The fourth-order valence-corrected chi connectivity index (χ4v) is 7.10. The zero-order valence-electron chi connectivity index (χ0n) is 18.7. The molecule has 0 spiro atoms. The summed E-state index contributed by atoms with van der Waals surface area (Å²) in [7, 11) is -3.63. The number of benzene rings is 2. The number of hydrogen-bond acceptors (Lipinski definition) is 6. The maximum Gasteiger partial charge on any atom is 0.259 e. The Hall–Kier alpha value is -2.49. The summed E-state index contributed by atoms with van der Waals surface area (Å²) in [5, 5.41) is 3.43. The number of sulfonamides is 1. The number of piperidine rings is 1. The number of hydrogen-bond donors (Lipinski definition) is 1. The first-order chi connectivity index (χ1) is 15.9. The molecule has 9 heteroatoms. The number of nitrogens with one attached hydrogen (secondary N) is 1. The molecule has 2 aliphatic rings. The highest BCUT2D eigenvalue weighted by Crippen LogP contribution is 2.32. The maximum atomic E-state index is 13.4. The molecule has 0 atom stereocenters. The number of anilines is 2. The topological polar surface area (TPSA) is 82.6 Å². The van der Waals surface area contributed by atoms with Gasteiger partial charge < -0.3 is 4.90 Å². The number of thiazole rings is 1. The Morgan fingerprint density at radius 2 is 1.70 bits per heavy atom. The van der Waals surface area contributed by atoms with E-state index < -0.39 is 10.0 Å². The Bertz CT molecular complexity index is 1290. The molecule has 7 nitrogen and oxygen atoms in total. The number of amides is 1. The Kier molecular flexibility index (Phi) is 6.11. The van der Waals surface area contributed by atoms with Gasteiger partial charge in [-0.25, -0.2) is 13.4 Å². The van der Waals surface area contributed by atoms with Crippen LogP contribution in [0.2, 0.25) is 0 Å². The number of carbonyl (C=O) groups excluding carboxylic acids is 1. The van der Waals surface area contributed by atoms with E-state index in [4.69, 9.17) is 0 Å². The van der Waals surface area contributed by atoms with Crippen LogP contribution in [0.1, 0.15) is 48.0 Å². The van der Waals surface area contributed by atoms with E-state index in [0.717, 1.165) is 66.7 Å². The lowest BCUT2D eigenvalue weighted by Crippen LogP contribution is -2.35. The molecule has 1 aromatic heterocycles. The minimum absolute atomic E-state index is 0.178. The summed E-state index contributed by atoms with van der Waals surface area (Å²) in [6.07, 6.45) is 4.92. The van der Waals surface area contributed by atoms with Crippen molar-refractivity contribution in [2.24, 2.45) is 0 Å². The number of fused-ring (bicyclic) bond motifs is 1. The van der Waals surface area contributed by atoms with Crippen molar-refractivity contribution in [2.45, 2.75) is 43.9 Å². The zero-order valence-corrected chi connectivity index (χ0v) is 20.3. The van der Waals surface area contributed by atoms with Crippen LogP contribution in [0.15, 0.2) is 41.3 Å². The van der Waals surface area contributed by atoms with E-state index >= 15 is 0 Å². The summed E-state index contributed by atoms with van der Waals surface area (Å²) in [5.74, 6) is -0.330. The van der Waals surface area contributed by atoms with Crippen LogP contribution in [0.5, 0.6) is 0 Å². The number of rotatable bonds is 5. The Morgan fingerprint density at radius 1 is 0.970 bits per heavy atom. The van der Waals surface area contributed by atoms with E-state index in [0.29, 0.717) is 23.8 Å². The zero-order chi connectivity index (χ0) is 23.0. The third-order valence-electron chi connectivity index (χ3n) is 6.38.